The van der Waals surface area contributed by atoms with E-state index in [1.54, 1.807) is 13.2 Å². The van der Waals surface area contributed by atoms with Crippen LogP contribution in [0.5, 0.6) is 0 Å². The van der Waals surface area contributed by atoms with Gasteiger partial charge in [0.25, 0.3) is 11.5 Å². The lowest BCUT2D eigenvalue weighted by molar-refractivity contribution is 0.0702. The number of nitrogens with zero attached hydrogens (tertiary/aromatic N) is 4. The Kier molecular flexibility index (Phi) is 5.38. The van der Waals surface area contributed by atoms with Crippen LogP contribution in [0.2, 0.25) is 0 Å². The molecule has 1 amide bonds. The highest BCUT2D eigenvalue weighted by molar-refractivity contribution is 7.20. The lowest BCUT2D eigenvalue weighted by atomic mass is 9.97. The zero-order chi connectivity index (χ0) is 22.2. The largest absolute Gasteiger partial charge is 0.445 e. The van der Waals surface area contributed by atoms with Crippen molar-refractivity contribution < 1.29 is 9.21 Å². The van der Waals surface area contributed by atoms with E-state index in [2.05, 4.69) is 22.1 Å². The number of aryl methyl sites for hydroxylation is 2. The SMILES string of the molecule is Cc1c(C(=O)N2CCC[C@@H](c3ncc(Cc4ccccc4)o3)C2)sc2ncn(C)c(=O)c12. The number of aromatic nitrogens is 3. The molecule has 1 aromatic carbocycles. The Bertz CT molecular complexity index is 1340. The molecule has 0 saturated carbocycles. The average Bonchev–Trinajstić information content (AvgIpc) is 3.41. The molecular formula is C24H24N4O3S. The van der Waals surface area contributed by atoms with Crippen molar-refractivity contribution in [3.05, 3.63) is 80.9 Å². The van der Waals surface area contributed by atoms with E-state index in [1.165, 1.54) is 27.8 Å². The minimum atomic E-state index is -0.120. The van der Waals surface area contributed by atoms with Gasteiger partial charge in [0.1, 0.15) is 10.6 Å². The minimum absolute atomic E-state index is 0.0479. The number of oxazole rings is 1. The van der Waals surface area contributed by atoms with Gasteiger partial charge in [-0.25, -0.2) is 9.97 Å². The van der Waals surface area contributed by atoms with Crippen molar-refractivity contribution >= 4 is 27.5 Å². The fourth-order valence-electron chi connectivity index (χ4n) is 4.31. The summed E-state index contributed by atoms with van der Waals surface area (Å²) in [7, 11) is 1.67. The number of fused-ring (bicyclic) bond motifs is 1. The van der Waals surface area contributed by atoms with E-state index in [9.17, 15) is 9.59 Å². The third-order valence-corrected chi connectivity index (χ3v) is 7.24. The molecule has 0 aliphatic carbocycles. The molecule has 3 aromatic heterocycles. The number of hydrogen-bond donors (Lipinski definition) is 0. The predicted octanol–water partition coefficient (Wildman–Crippen LogP) is 3.90. The standard InChI is InChI=1S/C24H24N4O3S/c1-15-19-22(26-14-27(2)23(19)29)32-20(15)24(30)28-10-6-9-17(13-28)21-25-12-18(31-21)11-16-7-4-3-5-8-16/h3-5,7-8,12,14,17H,6,9-11,13H2,1-2H3/t17-/m1/s1. The second kappa shape index (κ2) is 8.35. The van der Waals surface area contributed by atoms with Gasteiger partial charge in [-0.2, -0.15) is 0 Å². The molecular weight excluding hydrogens is 424 g/mol. The summed E-state index contributed by atoms with van der Waals surface area (Å²) in [6.45, 7) is 3.08. The van der Waals surface area contributed by atoms with E-state index in [1.807, 2.05) is 30.0 Å². The molecule has 0 bridgehead atoms. The van der Waals surface area contributed by atoms with Crippen molar-refractivity contribution in [2.45, 2.75) is 32.1 Å². The van der Waals surface area contributed by atoms with Gasteiger partial charge in [0, 0.05) is 26.6 Å². The lowest BCUT2D eigenvalue weighted by Crippen LogP contribution is -2.39. The zero-order valence-electron chi connectivity index (χ0n) is 18.1. The summed E-state index contributed by atoms with van der Waals surface area (Å²) in [5.41, 5.74) is 1.77. The molecule has 164 valence electrons. The summed E-state index contributed by atoms with van der Waals surface area (Å²) in [6, 6.07) is 10.2. The summed E-state index contributed by atoms with van der Waals surface area (Å²) in [5, 5.41) is 0.537. The molecule has 0 unspecified atom stereocenters. The fraction of sp³-hybridized carbons (Fsp3) is 0.333. The number of thiophene rings is 1. The van der Waals surface area contributed by atoms with E-state index in [-0.39, 0.29) is 17.4 Å². The Labute approximate surface area is 189 Å². The number of benzene rings is 1. The third kappa shape index (κ3) is 3.75. The second-order valence-corrected chi connectivity index (χ2v) is 9.31. The highest BCUT2D eigenvalue weighted by atomic mass is 32.1. The molecule has 1 atom stereocenters. The van der Waals surface area contributed by atoms with Crippen molar-refractivity contribution in [2.24, 2.45) is 7.05 Å². The summed E-state index contributed by atoms with van der Waals surface area (Å²) in [5.74, 6) is 1.54. The van der Waals surface area contributed by atoms with Gasteiger partial charge in [0.15, 0.2) is 5.89 Å². The van der Waals surface area contributed by atoms with Crippen LogP contribution in [-0.4, -0.2) is 38.4 Å². The van der Waals surface area contributed by atoms with Crippen LogP contribution in [0.1, 0.15) is 51.2 Å². The van der Waals surface area contributed by atoms with Crippen molar-refractivity contribution in [3.63, 3.8) is 0 Å². The van der Waals surface area contributed by atoms with Gasteiger partial charge in [-0.3, -0.25) is 9.59 Å². The Balaban J connectivity index is 1.35. The second-order valence-electron chi connectivity index (χ2n) is 8.31. The molecule has 1 aliphatic heterocycles. The lowest BCUT2D eigenvalue weighted by Gasteiger charge is -2.31. The van der Waals surface area contributed by atoms with Gasteiger partial charge in [-0.1, -0.05) is 30.3 Å². The molecule has 7 nitrogen and oxygen atoms in total. The number of rotatable bonds is 4. The molecule has 1 fully saturated rings. The molecule has 1 saturated heterocycles. The molecule has 8 heteroatoms. The van der Waals surface area contributed by atoms with Gasteiger partial charge >= 0.3 is 0 Å². The predicted molar refractivity (Wildman–Crippen MR) is 123 cm³/mol. The maximum absolute atomic E-state index is 13.4. The summed E-state index contributed by atoms with van der Waals surface area (Å²) in [4.78, 5) is 37.8. The summed E-state index contributed by atoms with van der Waals surface area (Å²) >= 11 is 1.30. The van der Waals surface area contributed by atoms with Crippen molar-refractivity contribution in [2.75, 3.05) is 13.1 Å². The van der Waals surface area contributed by atoms with Crippen LogP contribution < -0.4 is 5.56 Å². The van der Waals surface area contributed by atoms with Crippen LogP contribution in [0.15, 0.2) is 52.1 Å². The smallest absolute Gasteiger partial charge is 0.264 e. The highest BCUT2D eigenvalue weighted by Gasteiger charge is 2.30. The highest BCUT2D eigenvalue weighted by Crippen LogP contribution is 2.32. The first kappa shape index (κ1) is 20.6. The molecule has 4 heterocycles. The molecule has 4 aromatic rings. The van der Waals surface area contributed by atoms with Gasteiger partial charge < -0.3 is 13.9 Å². The Hall–Kier alpha value is -3.26. The third-order valence-electron chi connectivity index (χ3n) is 6.06. The number of carbonyl (C=O) groups is 1. The van der Waals surface area contributed by atoms with Gasteiger partial charge in [-0.05, 0) is 30.9 Å². The summed E-state index contributed by atoms with van der Waals surface area (Å²) in [6.07, 6.45) is 5.81. The molecule has 32 heavy (non-hydrogen) atoms. The average molecular weight is 449 g/mol. The van der Waals surface area contributed by atoms with Crippen LogP contribution in [0, 0.1) is 6.92 Å². The first-order chi connectivity index (χ1) is 15.5. The molecule has 1 aliphatic rings. The first-order valence-electron chi connectivity index (χ1n) is 10.7. The molecule has 0 spiro atoms. The van der Waals surface area contributed by atoms with Gasteiger partial charge in [-0.15, -0.1) is 11.3 Å². The first-order valence-corrected chi connectivity index (χ1v) is 11.6. The Morgan fingerprint density at radius 2 is 2.06 bits per heavy atom. The Morgan fingerprint density at radius 1 is 1.25 bits per heavy atom. The summed E-state index contributed by atoms with van der Waals surface area (Å²) < 4.78 is 7.51. The number of piperidine rings is 1. The van der Waals surface area contributed by atoms with Crippen LogP contribution in [0.4, 0.5) is 0 Å². The van der Waals surface area contributed by atoms with Crippen molar-refractivity contribution in [1.29, 1.82) is 0 Å². The van der Waals surface area contributed by atoms with Gasteiger partial charge in [0.2, 0.25) is 0 Å². The number of hydrogen-bond acceptors (Lipinski definition) is 6. The number of carbonyl (C=O) groups excluding carboxylic acids is 1. The maximum Gasteiger partial charge on any atom is 0.264 e. The van der Waals surface area contributed by atoms with E-state index < -0.39 is 0 Å². The quantitative estimate of drug-likeness (QED) is 0.473. The minimum Gasteiger partial charge on any atom is -0.445 e. The van der Waals surface area contributed by atoms with Crippen LogP contribution >= 0.6 is 11.3 Å². The Morgan fingerprint density at radius 3 is 2.88 bits per heavy atom. The van der Waals surface area contributed by atoms with E-state index in [0.29, 0.717) is 46.1 Å². The molecule has 5 rings (SSSR count). The van der Waals surface area contributed by atoms with E-state index in [0.717, 1.165) is 18.6 Å². The van der Waals surface area contributed by atoms with Crippen LogP contribution in [-0.2, 0) is 13.5 Å². The fourth-order valence-corrected chi connectivity index (χ4v) is 5.42. The molecule has 0 radical (unpaired) electrons. The van der Waals surface area contributed by atoms with Crippen LogP contribution in [0.3, 0.4) is 0 Å². The monoisotopic (exact) mass is 448 g/mol. The normalized spacial score (nSPS) is 16.6. The number of likely N-dealkylation sites (tertiary alicyclic amines) is 1. The number of amides is 1. The van der Waals surface area contributed by atoms with Gasteiger partial charge in [0.05, 0.1) is 28.7 Å². The van der Waals surface area contributed by atoms with Crippen molar-refractivity contribution in [3.8, 4) is 0 Å². The van der Waals surface area contributed by atoms with Crippen molar-refractivity contribution in [1.82, 2.24) is 19.4 Å². The maximum atomic E-state index is 13.4. The topological polar surface area (TPSA) is 81.2 Å². The molecule has 0 N–H and O–H groups in total. The van der Waals surface area contributed by atoms with E-state index >= 15 is 0 Å². The van der Waals surface area contributed by atoms with Crippen LogP contribution in [0.25, 0.3) is 10.2 Å². The van der Waals surface area contributed by atoms with E-state index in [4.69, 9.17) is 4.42 Å². The zero-order valence-corrected chi connectivity index (χ0v) is 18.9.